The highest BCUT2D eigenvalue weighted by atomic mass is 32.2. The number of alkyl halides is 2. The Kier molecular flexibility index (Phi) is 7.30. The Hall–Kier alpha value is -0.760. The third-order valence-electron chi connectivity index (χ3n) is 2.26. The molecule has 1 N–H and O–H groups in total. The lowest BCUT2D eigenvalue weighted by Gasteiger charge is -2.12. The highest BCUT2D eigenvalue weighted by Crippen LogP contribution is 2.20. The Morgan fingerprint density at radius 1 is 1.22 bits per heavy atom. The summed E-state index contributed by atoms with van der Waals surface area (Å²) in [6, 6.07) is 0. The normalized spacial score (nSPS) is 12.4. The van der Waals surface area contributed by atoms with Gasteiger partial charge in [0, 0.05) is 6.42 Å². The number of rotatable bonds is 9. The van der Waals surface area contributed by atoms with E-state index >= 15 is 0 Å². The van der Waals surface area contributed by atoms with Gasteiger partial charge in [-0.15, -0.1) is 0 Å². The second kappa shape index (κ2) is 7.63. The second-order valence-electron chi connectivity index (χ2n) is 3.94. The van der Waals surface area contributed by atoms with Gasteiger partial charge in [0.1, 0.15) is 0 Å². The quantitative estimate of drug-likeness (QED) is 0.400. The Bertz CT molecular complexity index is 353. The Morgan fingerprint density at radius 3 is 2.28 bits per heavy atom. The molecule has 0 aromatic carbocycles. The summed E-state index contributed by atoms with van der Waals surface area (Å²) in [5.41, 5.74) is 0. The van der Waals surface area contributed by atoms with Crippen molar-refractivity contribution in [2.75, 3.05) is 6.61 Å². The molecule has 5 nitrogen and oxygen atoms in total. The third-order valence-corrected chi connectivity index (χ3v) is 3.14. The van der Waals surface area contributed by atoms with Crippen LogP contribution in [0.25, 0.3) is 0 Å². The fourth-order valence-electron chi connectivity index (χ4n) is 1.18. The molecule has 0 spiro atoms. The average Bonchev–Trinajstić information content (AvgIpc) is 2.24. The first-order valence-electron chi connectivity index (χ1n) is 5.71. The van der Waals surface area contributed by atoms with Crippen LogP contribution < -0.4 is 0 Å². The second-order valence-corrected chi connectivity index (χ2v) is 5.48. The van der Waals surface area contributed by atoms with E-state index < -0.39 is 27.9 Å². The van der Waals surface area contributed by atoms with Gasteiger partial charge in [-0.2, -0.15) is 17.2 Å². The molecule has 0 unspecified atom stereocenters. The van der Waals surface area contributed by atoms with Crippen molar-refractivity contribution >= 4 is 16.1 Å². The summed E-state index contributed by atoms with van der Waals surface area (Å²) in [4.78, 5) is 11.0. The zero-order chi connectivity index (χ0) is 14.2. The first-order valence-corrected chi connectivity index (χ1v) is 7.15. The van der Waals surface area contributed by atoms with Gasteiger partial charge in [-0.3, -0.25) is 9.35 Å². The van der Waals surface area contributed by atoms with E-state index in [9.17, 15) is 22.0 Å². The van der Waals surface area contributed by atoms with Crippen LogP contribution in [0.4, 0.5) is 8.78 Å². The van der Waals surface area contributed by atoms with Crippen molar-refractivity contribution < 1.29 is 31.3 Å². The molecule has 18 heavy (non-hydrogen) atoms. The van der Waals surface area contributed by atoms with Gasteiger partial charge in [-0.05, 0) is 6.42 Å². The molecule has 0 aliphatic carbocycles. The van der Waals surface area contributed by atoms with Crippen LogP contribution in [0, 0.1) is 0 Å². The van der Waals surface area contributed by atoms with Crippen LogP contribution in [0.15, 0.2) is 0 Å². The minimum Gasteiger partial charge on any atom is -0.458 e. The zero-order valence-electron chi connectivity index (χ0n) is 10.2. The summed E-state index contributed by atoms with van der Waals surface area (Å²) in [6.45, 7) is 0.380. The van der Waals surface area contributed by atoms with E-state index in [2.05, 4.69) is 4.74 Å². The molecule has 0 aromatic heterocycles. The summed E-state index contributed by atoms with van der Waals surface area (Å²) in [6.07, 6.45) is 4.30. The molecule has 0 aliphatic heterocycles. The largest absolute Gasteiger partial charge is 0.458 e. The number of unbranched alkanes of at least 4 members (excludes halogenated alkanes) is 4. The SMILES string of the molecule is CCCCCCCC(=O)OCC(F)(F)S(=O)(=O)O. The maximum atomic E-state index is 12.7. The molecule has 0 saturated carbocycles. The monoisotopic (exact) mass is 288 g/mol. The molecule has 0 radical (unpaired) electrons. The molecular weight excluding hydrogens is 270 g/mol. The van der Waals surface area contributed by atoms with E-state index in [0.717, 1.165) is 25.7 Å². The van der Waals surface area contributed by atoms with Crippen LogP contribution in [0.1, 0.15) is 45.4 Å². The molecule has 0 bridgehead atoms. The van der Waals surface area contributed by atoms with E-state index in [1.165, 1.54) is 0 Å². The molecule has 8 heteroatoms. The van der Waals surface area contributed by atoms with E-state index in [4.69, 9.17) is 4.55 Å². The van der Waals surface area contributed by atoms with Crippen LogP contribution in [-0.2, 0) is 19.6 Å². The van der Waals surface area contributed by atoms with E-state index in [0.29, 0.717) is 6.42 Å². The number of carbonyl (C=O) groups is 1. The summed E-state index contributed by atoms with van der Waals surface area (Å²) in [7, 11) is -5.54. The van der Waals surface area contributed by atoms with Gasteiger partial charge in [-0.1, -0.05) is 32.6 Å². The molecule has 0 atom stereocenters. The molecule has 0 rings (SSSR count). The minimum atomic E-state index is -5.54. The van der Waals surface area contributed by atoms with Crippen LogP contribution >= 0.6 is 0 Å². The molecule has 0 fully saturated rings. The fourth-order valence-corrected chi connectivity index (χ4v) is 1.39. The number of esters is 1. The van der Waals surface area contributed by atoms with Gasteiger partial charge < -0.3 is 4.74 Å². The van der Waals surface area contributed by atoms with Gasteiger partial charge >= 0.3 is 21.3 Å². The van der Waals surface area contributed by atoms with Crippen molar-refractivity contribution in [3.8, 4) is 0 Å². The first-order chi connectivity index (χ1) is 8.20. The maximum Gasteiger partial charge on any atom is 0.402 e. The standard InChI is InChI=1S/C10H18F2O5S/c1-2-3-4-5-6-7-9(13)17-8-10(11,12)18(14,15)16/h2-8H2,1H3,(H,14,15,16). The van der Waals surface area contributed by atoms with Crippen molar-refractivity contribution in [1.29, 1.82) is 0 Å². The Morgan fingerprint density at radius 2 is 1.78 bits per heavy atom. The topological polar surface area (TPSA) is 80.7 Å². The van der Waals surface area contributed by atoms with Crippen LogP contribution in [0.2, 0.25) is 0 Å². The molecule has 0 amide bonds. The molecule has 0 aliphatic rings. The first kappa shape index (κ1) is 17.2. The molecule has 0 aromatic rings. The van der Waals surface area contributed by atoms with E-state index in [-0.39, 0.29) is 6.42 Å². The predicted octanol–water partition coefficient (Wildman–Crippen LogP) is 2.37. The lowest BCUT2D eigenvalue weighted by molar-refractivity contribution is -0.149. The van der Waals surface area contributed by atoms with Crippen molar-refractivity contribution in [3.05, 3.63) is 0 Å². The molecule has 0 saturated heterocycles. The fraction of sp³-hybridized carbons (Fsp3) is 0.900. The van der Waals surface area contributed by atoms with Crippen LogP contribution in [0.5, 0.6) is 0 Å². The van der Waals surface area contributed by atoms with Crippen molar-refractivity contribution in [2.45, 2.75) is 50.7 Å². The van der Waals surface area contributed by atoms with Gasteiger partial charge in [0.15, 0.2) is 6.61 Å². The summed E-state index contributed by atoms with van der Waals surface area (Å²) >= 11 is 0. The lowest BCUT2D eigenvalue weighted by atomic mass is 10.1. The van der Waals surface area contributed by atoms with Crippen molar-refractivity contribution in [1.82, 2.24) is 0 Å². The average molecular weight is 288 g/mol. The number of ether oxygens (including phenoxy) is 1. The highest BCUT2D eigenvalue weighted by molar-refractivity contribution is 7.86. The lowest BCUT2D eigenvalue weighted by Crippen LogP contribution is -2.34. The summed E-state index contributed by atoms with van der Waals surface area (Å²) in [5.74, 6) is -0.894. The Labute approximate surface area is 105 Å². The van der Waals surface area contributed by atoms with Crippen molar-refractivity contribution in [2.24, 2.45) is 0 Å². The Balaban J connectivity index is 3.84. The molecule has 108 valence electrons. The minimum absolute atomic E-state index is 0.0364. The van der Waals surface area contributed by atoms with Crippen molar-refractivity contribution in [3.63, 3.8) is 0 Å². The van der Waals surface area contributed by atoms with E-state index in [1.54, 1.807) is 0 Å². The molecular formula is C10H18F2O5S. The zero-order valence-corrected chi connectivity index (χ0v) is 11.0. The number of halogens is 2. The third kappa shape index (κ3) is 6.85. The van der Waals surface area contributed by atoms with Gasteiger partial charge in [0.2, 0.25) is 0 Å². The van der Waals surface area contributed by atoms with E-state index in [1.807, 2.05) is 6.92 Å². The van der Waals surface area contributed by atoms with Crippen LogP contribution in [-0.4, -0.2) is 30.8 Å². The summed E-state index contributed by atoms with van der Waals surface area (Å²) in [5, 5.41) is -4.45. The number of hydrogen-bond acceptors (Lipinski definition) is 4. The maximum absolute atomic E-state index is 12.7. The predicted molar refractivity (Wildman–Crippen MR) is 60.8 cm³/mol. The number of carbonyl (C=O) groups excluding carboxylic acids is 1. The molecule has 0 heterocycles. The number of hydrogen-bond donors (Lipinski definition) is 1. The van der Waals surface area contributed by atoms with Gasteiger partial charge in [0.05, 0.1) is 0 Å². The summed E-state index contributed by atoms with van der Waals surface area (Å²) < 4.78 is 58.0. The van der Waals surface area contributed by atoms with Crippen LogP contribution in [0.3, 0.4) is 0 Å². The van der Waals surface area contributed by atoms with Gasteiger partial charge in [0.25, 0.3) is 0 Å². The van der Waals surface area contributed by atoms with Gasteiger partial charge in [-0.25, -0.2) is 0 Å². The smallest absolute Gasteiger partial charge is 0.402 e. The highest BCUT2D eigenvalue weighted by Gasteiger charge is 2.45.